The first-order valence-electron chi connectivity index (χ1n) is 9.12. The van der Waals surface area contributed by atoms with Gasteiger partial charge in [-0.1, -0.05) is 0 Å². The molecule has 0 aliphatic carbocycles. The third-order valence-corrected chi connectivity index (χ3v) is 5.74. The zero-order valence-corrected chi connectivity index (χ0v) is 18.2. The van der Waals surface area contributed by atoms with E-state index in [0.717, 1.165) is 6.07 Å². The predicted molar refractivity (Wildman–Crippen MR) is 117 cm³/mol. The van der Waals surface area contributed by atoms with Gasteiger partial charge < -0.3 is 18.9 Å². The highest BCUT2D eigenvalue weighted by Gasteiger charge is 2.22. The van der Waals surface area contributed by atoms with E-state index in [1.165, 1.54) is 44.6 Å². The van der Waals surface area contributed by atoms with Gasteiger partial charge in [0.25, 0.3) is 10.0 Å². The van der Waals surface area contributed by atoms with E-state index in [0.29, 0.717) is 17.2 Å². The highest BCUT2D eigenvalue weighted by Crippen LogP contribution is 2.36. The molecule has 0 fully saturated rings. The molecule has 1 N–H and O–H groups in total. The van der Waals surface area contributed by atoms with Crippen LogP contribution in [0.3, 0.4) is 0 Å². The van der Waals surface area contributed by atoms with E-state index in [1.807, 2.05) is 0 Å². The van der Waals surface area contributed by atoms with E-state index in [1.54, 1.807) is 31.4 Å². The fourth-order valence-electron chi connectivity index (χ4n) is 2.78. The highest BCUT2D eigenvalue weighted by molar-refractivity contribution is 7.92. The van der Waals surface area contributed by atoms with E-state index < -0.39 is 20.6 Å². The van der Waals surface area contributed by atoms with Crippen LogP contribution < -0.4 is 23.7 Å². The maximum absolute atomic E-state index is 12.8. The first-order valence-corrected chi connectivity index (χ1v) is 10.6. The van der Waals surface area contributed by atoms with Crippen LogP contribution in [0, 0.1) is 10.1 Å². The molecule has 0 radical (unpaired) electrons. The van der Waals surface area contributed by atoms with E-state index in [-0.39, 0.29) is 22.1 Å². The Morgan fingerprint density at radius 3 is 2.00 bits per heavy atom. The fraction of sp³-hybridized carbons (Fsp3) is 0.143. The summed E-state index contributed by atoms with van der Waals surface area (Å²) < 4.78 is 49.1. The van der Waals surface area contributed by atoms with E-state index in [9.17, 15) is 18.5 Å². The third kappa shape index (κ3) is 5.01. The summed E-state index contributed by atoms with van der Waals surface area (Å²) in [5.74, 6) is 1.73. The number of ether oxygens (including phenoxy) is 4. The van der Waals surface area contributed by atoms with Gasteiger partial charge in [0.15, 0.2) is 17.2 Å². The molecule has 0 unspecified atom stereocenters. The summed E-state index contributed by atoms with van der Waals surface area (Å²) in [4.78, 5) is 10.2. The molecule has 32 heavy (non-hydrogen) atoms. The second kappa shape index (κ2) is 9.43. The topological polar surface area (TPSA) is 126 Å². The van der Waals surface area contributed by atoms with Crippen LogP contribution in [0.4, 0.5) is 11.4 Å². The van der Waals surface area contributed by atoms with Gasteiger partial charge in [-0.2, -0.15) is 0 Å². The van der Waals surface area contributed by atoms with Crippen molar-refractivity contribution in [2.75, 3.05) is 26.1 Å². The van der Waals surface area contributed by atoms with Crippen LogP contribution in [0.2, 0.25) is 0 Å². The molecule has 3 rings (SSSR count). The number of sulfonamides is 1. The summed E-state index contributed by atoms with van der Waals surface area (Å²) in [6.07, 6.45) is 0. The predicted octanol–water partition coefficient (Wildman–Crippen LogP) is 4.21. The van der Waals surface area contributed by atoms with Crippen LogP contribution in [-0.2, 0) is 10.0 Å². The molecule has 0 aliphatic heterocycles. The molecule has 0 saturated carbocycles. The second-order valence-corrected chi connectivity index (χ2v) is 8.02. The Bertz CT molecular complexity index is 1230. The Morgan fingerprint density at radius 2 is 1.41 bits per heavy atom. The maximum atomic E-state index is 12.8. The van der Waals surface area contributed by atoms with Crippen molar-refractivity contribution in [1.82, 2.24) is 0 Å². The van der Waals surface area contributed by atoms with Crippen LogP contribution in [0.5, 0.6) is 28.7 Å². The van der Waals surface area contributed by atoms with Gasteiger partial charge >= 0.3 is 5.69 Å². The Balaban J connectivity index is 1.90. The SMILES string of the molecule is COc1ccc(Oc2cc(NS(=O)(=O)c3ccc(OC)c([N+](=O)[O-])c3)ccc2OC)cc1. The molecular weight excluding hydrogens is 440 g/mol. The van der Waals surface area contributed by atoms with Gasteiger partial charge in [-0.3, -0.25) is 14.8 Å². The first kappa shape index (κ1) is 22.7. The lowest BCUT2D eigenvalue weighted by atomic mass is 10.2. The van der Waals surface area contributed by atoms with Crippen molar-refractivity contribution in [2.45, 2.75) is 4.90 Å². The first-order chi connectivity index (χ1) is 15.3. The highest BCUT2D eigenvalue weighted by atomic mass is 32.2. The van der Waals surface area contributed by atoms with Gasteiger partial charge in [-0.25, -0.2) is 8.42 Å². The number of nitro groups is 1. The second-order valence-electron chi connectivity index (χ2n) is 6.34. The standard InChI is InChI=1S/C21H20N2O8S/c1-28-15-5-7-16(8-6-15)31-21-12-14(4-10-20(21)30-3)22-32(26,27)17-9-11-19(29-2)18(13-17)23(24)25/h4-13,22H,1-3H3. The minimum Gasteiger partial charge on any atom is -0.497 e. The maximum Gasteiger partial charge on any atom is 0.312 e. The average Bonchev–Trinajstić information content (AvgIpc) is 2.79. The minimum absolute atomic E-state index is 0.0476. The van der Waals surface area contributed by atoms with Gasteiger partial charge in [0.05, 0.1) is 36.8 Å². The Kier molecular flexibility index (Phi) is 6.69. The van der Waals surface area contributed by atoms with Crippen molar-refractivity contribution < 1.29 is 32.3 Å². The number of anilines is 1. The Morgan fingerprint density at radius 1 is 0.781 bits per heavy atom. The summed E-state index contributed by atoms with van der Waals surface area (Å²) in [5.41, 5.74) is -0.290. The molecule has 11 heteroatoms. The van der Waals surface area contributed by atoms with Gasteiger partial charge in [-0.15, -0.1) is 0 Å². The number of hydrogen-bond acceptors (Lipinski definition) is 8. The number of nitro benzene ring substituents is 1. The minimum atomic E-state index is -4.14. The molecule has 3 aromatic rings. The molecule has 0 aromatic heterocycles. The molecule has 168 valence electrons. The molecule has 0 aliphatic rings. The quantitative estimate of drug-likeness (QED) is 0.372. The molecule has 0 bridgehead atoms. The smallest absolute Gasteiger partial charge is 0.312 e. The molecule has 0 heterocycles. The van der Waals surface area contributed by atoms with Crippen LogP contribution in [0.25, 0.3) is 0 Å². The van der Waals surface area contributed by atoms with Crippen LogP contribution in [-0.4, -0.2) is 34.7 Å². The molecule has 10 nitrogen and oxygen atoms in total. The van der Waals surface area contributed by atoms with E-state index >= 15 is 0 Å². The van der Waals surface area contributed by atoms with Crippen molar-refractivity contribution in [3.05, 3.63) is 70.8 Å². The molecule has 0 atom stereocenters. The lowest BCUT2D eigenvalue weighted by Crippen LogP contribution is -2.13. The average molecular weight is 460 g/mol. The van der Waals surface area contributed by atoms with Crippen LogP contribution in [0.15, 0.2) is 65.6 Å². The number of hydrogen-bond donors (Lipinski definition) is 1. The number of nitrogens with zero attached hydrogens (tertiary/aromatic N) is 1. The lowest BCUT2D eigenvalue weighted by Gasteiger charge is -2.14. The Labute approximate surface area is 184 Å². The summed E-state index contributed by atoms with van der Waals surface area (Å²) >= 11 is 0. The summed E-state index contributed by atoms with van der Waals surface area (Å²) in [6, 6.07) is 14.6. The molecule has 0 spiro atoms. The van der Waals surface area contributed by atoms with Gasteiger partial charge in [0.1, 0.15) is 11.5 Å². The lowest BCUT2D eigenvalue weighted by molar-refractivity contribution is -0.386. The van der Waals surface area contributed by atoms with Crippen molar-refractivity contribution >= 4 is 21.4 Å². The molecular formula is C21H20N2O8S. The third-order valence-electron chi connectivity index (χ3n) is 4.36. The monoisotopic (exact) mass is 460 g/mol. The number of rotatable bonds is 9. The van der Waals surface area contributed by atoms with E-state index in [4.69, 9.17) is 18.9 Å². The summed E-state index contributed by atoms with van der Waals surface area (Å²) in [6.45, 7) is 0. The summed E-state index contributed by atoms with van der Waals surface area (Å²) in [5, 5.41) is 11.2. The molecule has 0 amide bonds. The van der Waals surface area contributed by atoms with Gasteiger partial charge in [-0.05, 0) is 48.5 Å². The van der Waals surface area contributed by atoms with E-state index in [2.05, 4.69) is 4.72 Å². The van der Waals surface area contributed by atoms with Crippen LogP contribution >= 0.6 is 0 Å². The number of methoxy groups -OCH3 is 3. The van der Waals surface area contributed by atoms with Gasteiger partial charge in [0.2, 0.25) is 0 Å². The normalized spacial score (nSPS) is 10.8. The van der Waals surface area contributed by atoms with Crippen molar-refractivity contribution in [1.29, 1.82) is 0 Å². The zero-order chi connectivity index (χ0) is 23.3. The number of benzene rings is 3. The van der Waals surface area contributed by atoms with Crippen molar-refractivity contribution in [3.63, 3.8) is 0 Å². The van der Waals surface area contributed by atoms with Crippen LogP contribution in [0.1, 0.15) is 0 Å². The van der Waals surface area contributed by atoms with Crippen molar-refractivity contribution in [2.24, 2.45) is 0 Å². The molecule has 0 saturated heterocycles. The van der Waals surface area contributed by atoms with Gasteiger partial charge in [0, 0.05) is 12.1 Å². The fourth-order valence-corrected chi connectivity index (χ4v) is 3.85. The van der Waals surface area contributed by atoms with Crippen molar-refractivity contribution in [3.8, 4) is 28.7 Å². The number of nitrogens with one attached hydrogen (secondary N) is 1. The summed E-state index contributed by atoms with van der Waals surface area (Å²) in [7, 11) is 0.127. The largest absolute Gasteiger partial charge is 0.497 e. The molecule has 3 aromatic carbocycles. The zero-order valence-electron chi connectivity index (χ0n) is 17.4. The Hall–Kier alpha value is -3.99.